The van der Waals surface area contributed by atoms with Crippen molar-refractivity contribution in [3.63, 3.8) is 0 Å². The third-order valence-electron chi connectivity index (χ3n) is 5.27. The van der Waals surface area contributed by atoms with Crippen LogP contribution in [0.4, 0.5) is 0 Å². The molecule has 162 valence electrons. The molecule has 0 bridgehead atoms. The van der Waals surface area contributed by atoms with Gasteiger partial charge >= 0.3 is 0 Å². The molecular formula is C23H32N4O2S. The summed E-state index contributed by atoms with van der Waals surface area (Å²) in [7, 11) is 5.19. The molecule has 2 N–H and O–H groups in total. The Labute approximate surface area is 184 Å². The summed E-state index contributed by atoms with van der Waals surface area (Å²) in [5.74, 6) is 2.50. The predicted octanol–water partition coefficient (Wildman–Crippen LogP) is 3.37. The molecule has 3 rings (SSSR count). The third kappa shape index (κ3) is 6.31. The summed E-state index contributed by atoms with van der Waals surface area (Å²) in [6.45, 7) is 3.65. The Kier molecular flexibility index (Phi) is 8.28. The molecule has 0 amide bonds. The summed E-state index contributed by atoms with van der Waals surface area (Å²) in [5, 5.41) is 6.99. The van der Waals surface area contributed by atoms with Crippen LogP contribution in [0.1, 0.15) is 17.5 Å². The highest BCUT2D eigenvalue weighted by Crippen LogP contribution is 2.24. The van der Waals surface area contributed by atoms with Crippen LogP contribution < -0.4 is 20.1 Å². The number of thioether (sulfide) groups is 1. The molecule has 7 heteroatoms. The lowest BCUT2D eigenvalue weighted by molar-refractivity contribution is 0.321. The Bertz CT molecular complexity index is 819. The fraction of sp³-hybridized carbons (Fsp3) is 0.435. The van der Waals surface area contributed by atoms with E-state index in [0.29, 0.717) is 6.04 Å². The van der Waals surface area contributed by atoms with Gasteiger partial charge in [0, 0.05) is 50.2 Å². The quantitative estimate of drug-likeness (QED) is 0.382. The van der Waals surface area contributed by atoms with Gasteiger partial charge < -0.3 is 20.1 Å². The molecule has 2 aromatic carbocycles. The largest absolute Gasteiger partial charge is 0.497 e. The molecular weight excluding hydrogens is 396 g/mol. The number of nitrogens with one attached hydrogen (secondary N) is 2. The number of aliphatic imine (C=N–C) groups is 1. The molecule has 1 atom stereocenters. The number of guanidine groups is 1. The van der Waals surface area contributed by atoms with E-state index in [1.807, 2.05) is 13.1 Å². The van der Waals surface area contributed by atoms with E-state index in [9.17, 15) is 0 Å². The number of hydrogen-bond donors (Lipinski definition) is 2. The number of ether oxygens (including phenoxy) is 2. The standard InChI is InChI=1S/C23H32N4O2S/c1-24-23(25-14-17-5-7-22(30-4)8-6-17)26-19-9-10-27(16-19)15-18-11-20(28-2)13-21(12-18)29-3/h5-8,11-13,19H,9-10,14-16H2,1-4H3,(H2,24,25,26). The molecule has 6 nitrogen and oxygen atoms in total. The van der Waals surface area contributed by atoms with Gasteiger partial charge in [-0.15, -0.1) is 11.8 Å². The number of hydrogen-bond acceptors (Lipinski definition) is 5. The molecule has 1 aliphatic rings. The van der Waals surface area contributed by atoms with Gasteiger partial charge in [-0.25, -0.2) is 0 Å². The Morgan fingerprint density at radius 1 is 1.10 bits per heavy atom. The lowest BCUT2D eigenvalue weighted by Gasteiger charge is -2.19. The van der Waals surface area contributed by atoms with E-state index in [2.05, 4.69) is 63.2 Å². The van der Waals surface area contributed by atoms with Crippen LogP contribution in [0.15, 0.2) is 52.4 Å². The molecule has 1 unspecified atom stereocenters. The predicted molar refractivity (Wildman–Crippen MR) is 125 cm³/mol. The van der Waals surface area contributed by atoms with Gasteiger partial charge in [-0.3, -0.25) is 9.89 Å². The minimum absolute atomic E-state index is 0.377. The van der Waals surface area contributed by atoms with Crippen molar-refractivity contribution in [2.24, 2.45) is 4.99 Å². The monoisotopic (exact) mass is 428 g/mol. The summed E-state index contributed by atoms with van der Waals surface area (Å²) in [5.41, 5.74) is 2.44. The van der Waals surface area contributed by atoms with Crippen LogP contribution in [0.25, 0.3) is 0 Å². The summed E-state index contributed by atoms with van der Waals surface area (Å²) in [6, 6.07) is 15.1. The van der Waals surface area contributed by atoms with Crippen molar-refractivity contribution in [1.29, 1.82) is 0 Å². The molecule has 2 aromatic rings. The van der Waals surface area contributed by atoms with E-state index < -0.39 is 0 Å². The lowest BCUT2D eigenvalue weighted by atomic mass is 10.2. The number of benzene rings is 2. The van der Waals surface area contributed by atoms with Crippen molar-refractivity contribution in [2.75, 3.05) is 40.6 Å². The van der Waals surface area contributed by atoms with Crippen LogP contribution in [0.2, 0.25) is 0 Å². The van der Waals surface area contributed by atoms with Gasteiger partial charge in [0.05, 0.1) is 14.2 Å². The van der Waals surface area contributed by atoms with Gasteiger partial charge in [0.15, 0.2) is 5.96 Å². The van der Waals surface area contributed by atoms with E-state index in [4.69, 9.17) is 9.47 Å². The second kappa shape index (κ2) is 11.1. The smallest absolute Gasteiger partial charge is 0.191 e. The van der Waals surface area contributed by atoms with Gasteiger partial charge in [0.1, 0.15) is 11.5 Å². The maximum absolute atomic E-state index is 5.39. The van der Waals surface area contributed by atoms with E-state index >= 15 is 0 Å². The van der Waals surface area contributed by atoms with E-state index in [0.717, 1.165) is 50.1 Å². The molecule has 0 spiro atoms. The van der Waals surface area contributed by atoms with Crippen molar-refractivity contribution < 1.29 is 9.47 Å². The fourth-order valence-corrected chi connectivity index (χ4v) is 4.04. The molecule has 0 aromatic heterocycles. The average Bonchev–Trinajstić information content (AvgIpc) is 3.23. The van der Waals surface area contributed by atoms with Gasteiger partial charge in [0.2, 0.25) is 0 Å². The lowest BCUT2D eigenvalue weighted by Crippen LogP contribution is -2.44. The van der Waals surface area contributed by atoms with Crippen LogP contribution in [-0.4, -0.2) is 57.5 Å². The number of rotatable bonds is 8. The van der Waals surface area contributed by atoms with E-state index in [-0.39, 0.29) is 0 Å². The van der Waals surface area contributed by atoms with Crippen LogP contribution in [-0.2, 0) is 13.1 Å². The summed E-state index contributed by atoms with van der Waals surface area (Å²) >= 11 is 1.76. The third-order valence-corrected chi connectivity index (χ3v) is 6.02. The maximum atomic E-state index is 5.39. The number of methoxy groups -OCH3 is 2. The van der Waals surface area contributed by atoms with Crippen LogP contribution >= 0.6 is 11.8 Å². The molecule has 1 fully saturated rings. The van der Waals surface area contributed by atoms with Crippen molar-refractivity contribution >= 4 is 17.7 Å². The first-order valence-corrected chi connectivity index (χ1v) is 11.4. The second-order valence-corrected chi connectivity index (χ2v) is 8.24. The zero-order chi connectivity index (χ0) is 21.3. The van der Waals surface area contributed by atoms with Crippen LogP contribution in [0.5, 0.6) is 11.5 Å². The van der Waals surface area contributed by atoms with Crippen LogP contribution in [0.3, 0.4) is 0 Å². The first-order chi connectivity index (χ1) is 14.6. The molecule has 30 heavy (non-hydrogen) atoms. The second-order valence-electron chi connectivity index (χ2n) is 7.36. The highest BCUT2D eigenvalue weighted by atomic mass is 32.2. The molecule has 1 aliphatic heterocycles. The minimum Gasteiger partial charge on any atom is -0.497 e. The van der Waals surface area contributed by atoms with Gasteiger partial charge in [-0.1, -0.05) is 12.1 Å². The molecule has 1 heterocycles. The highest BCUT2D eigenvalue weighted by Gasteiger charge is 2.23. The Balaban J connectivity index is 1.49. The van der Waals surface area contributed by atoms with Crippen molar-refractivity contribution in [2.45, 2.75) is 30.4 Å². The zero-order valence-corrected chi connectivity index (χ0v) is 19.1. The SMILES string of the molecule is CN=C(NCc1ccc(SC)cc1)NC1CCN(Cc2cc(OC)cc(OC)c2)C1. The Morgan fingerprint density at radius 3 is 2.40 bits per heavy atom. The Hall–Kier alpha value is -2.38. The van der Waals surface area contributed by atoms with E-state index in [1.54, 1.807) is 26.0 Å². The van der Waals surface area contributed by atoms with Gasteiger partial charge in [-0.05, 0) is 48.1 Å². The summed E-state index contributed by atoms with van der Waals surface area (Å²) < 4.78 is 10.8. The van der Waals surface area contributed by atoms with Gasteiger partial charge in [0.25, 0.3) is 0 Å². The number of likely N-dealkylation sites (tertiary alicyclic amines) is 1. The maximum Gasteiger partial charge on any atom is 0.191 e. The van der Waals surface area contributed by atoms with Crippen molar-refractivity contribution in [1.82, 2.24) is 15.5 Å². The summed E-state index contributed by atoms with van der Waals surface area (Å²) in [4.78, 5) is 8.12. The number of nitrogens with zero attached hydrogens (tertiary/aromatic N) is 2. The normalized spacial score (nSPS) is 17.1. The molecule has 0 aliphatic carbocycles. The zero-order valence-electron chi connectivity index (χ0n) is 18.3. The fourth-order valence-electron chi connectivity index (χ4n) is 3.63. The van der Waals surface area contributed by atoms with Crippen LogP contribution in [0, 0.1) is 0 Å². The van der Waals surface area contributed by atoms with E-state index in [1.165, 1.54) is 16.0 Å². The van der Waals surface area contributed by atoms with Crippen molar-refractivity contribution in [3.05, 3.63) is 53.6 Å². The first-order valence-electron chi connectivity index (χ1n) is 10.2. The highest BCUT2D eigenvalue weighted by molar-refractivity contribution is 7.98. The first kappa shape index (κ1) is 22.3. The van der Waals surface area contributed by atoms with Crippen molar-refractivity contribution in [3.8, 4) is 11.5 Å². The topological polar surface area (TPSA) is 58.1 Å². The summed E-state index contributed by atoms with van der Waals surface area (Å²) in [6.07, 6.45) is 3.18. The average molecular weight is 429 g/mol. The van der Waals surface area contributed by atoms with Gasteiger partial charge in [-0.2, -0.15) is 0 Å². The molecule has 1 saturated heterocycles. The molecule has 0 saturated carbocycles. The minimum atomic E-state index is 0.377. The Morgan fingerprint density at radius 2 is 1.80 bits per heavy atom. The molecule has 0 radical (unpaired) electrons.